The van der Waals surface area contributed by atoms with E-state index in [4.69, 9.17) is 0 Å². The molecular weight excluding hydrogens is 374 g/mol. The molecule has 1 fully saturated rings. The molecule has 3 heterocycles. The minimum Gasteiger partial charge on any atom is -0.370 e. The van der Waals surface area contributed by atoms with E-state index in [2.05, 4.69) is 54.5 Å². The van der Waals surface area contributed by atoms with Gasteiger partial charge in [-0.3, -0.25) is 9.89 Å². The first-order chi connectivity index (χ1) is 13.6. The Morgan fingerprint density at radius 1 is 1.18 bits per heavy atom. The number of rotatable bonds is 4. The van der Waals surface area contributed by atoms with Crippen LogP contribution >= 0.6 is 11.3 Å². The number of aromatic amines is 1. The maximum absolute atomic E-state index is 12.7. The van der Waals surface area contributed by atoms with E-state index in [1.165, 1.54) is 23.4 Å². The van der Waals surface area contributed by atoms with E-state index in [0.717, 1.165) is 43.2 Å². The molecule has 3 aromatic rings. The lowest BCUT2D eigenvalue weighted by atomic mass is 10.2. The smallest absolute Gasteiger partial charge is 0.275 e. The number of hydrogen-bond donors (Lipinski definition) is 2. The van der Waals surface area contributed by atoms with Crippen LogP contribution in [0.3, 0.4) is 0 Å². The zero-order valence-corrected chi connectivity index (χ0v) is 16.8. The van der Waals surface area contributed by atoms with Gasteiger partial charge in [-0.2, -0.15) is 5.10 Å². The van der Waals surface area contributed by atoms with Crippen molar-refractivity contribution in [1.29, 1.82) is 0 Å². The van der Waals surface area contributed by atoms with E-state index in [1.807, 2.05) is 19.1 Å². The van der Waals surface area contributed by atoms with Crippen LogP contribution in [0.25, 0.3) is 10.8 Å². The van der Waals surface area contributed by atoms with Crippen LogP contribution in [0.1, 0.15) is 21.8 Å². The van der Waals surface area contributed by atoms with E-state index in [9.17, 15) is 4.79 Å². The average molecular weight is 398 g/mol. The standard InChI is InChI=1S/C19H23N7OS/c1-13-16(23-19(28-13)17-20-12-21-24-17)18(27)22-14-4-6-15(7-5-14)26-9-3-8-25(2)10-11-26/h4-7,12H,3,8-11H2,1-2H3,(H,22,27)(H,20,21,24). The van der Waals surface area contributed by atoms with Crippen LogP contribution in [-0.4, -0.2) is 64.2 Å². The Morgan fingerprint density at radius 3 is 2.75 bits per heavy atom. The second-order valence-electron chi connectivity index (χ2n) is 6.90. The summed E-state index contributed by atoms with van der Waals surface area (Å²) in [5, 5.41) is 10.2. The molecule has 2 N–H and O–H groups in total. The zero-order valence-electron chi connectivity index (χ0n) is 16.0. The summed E-state index contributed by atoms with van der Waals surface area (Å²) in [6, 6.07) is 8.02. The molecule has 0 spiro atoms. The summed E-state index contributed by atoms with van der Waals surface area (Å²) in [5.74, 6) is 0.350. The van der Waals surface area contributed by atoms with Crippen LogP contribution in [0.4, 0.5) is 11.4 Å². The normalized spacial score (nSPS) is 15.4. The van der Waals surface area contributed by atoms with E-state index in [0.29, 0.717) is 16.5 Å². The molecule has 0 unspecified atom stereocenters. The predicted octanol–water partition coefficient (Wildman–Crippen LogP) is 2.63. The molecule has 0 bridgehead atoms. The Balaban J connectivity index is 1.44. The number of anilines is 2. The van der Waals surface area contributed by atoms with Crippen molar-refractivity contribution in [2.75, 3.05) is 43.4 Å². The Hall–Kier alpha value is -2.78. The van der Waals surface area contributed by atoms with E-state index < -0.39 is 0 Å². The van der Waals surface area contributed by atoms with Crippen LogP contribution in [-0.2, 0) is 0 Å². The molecule has 8 nitrogen and oxygen atoms in total. The summed E-state index contributed by atoms with van der Waals surface area (Å²) in [6.45, 7) is 6.15. The molecule has 1 aromatic carbocycles. The minimum atomic E-state index is -0.219. The number of likely N-dealkylation sites (N-methyl/N-ethyl adjacent to an activating group) is 1. The van der Waals surface area contributed by atoms with E-state index in [-0.39, 0.29) is 5.91 Å². The van der Waals surface area contributed by atoms with Gasteiger partial charge in [-0.05, 0) is 51.2 Å². The van der Waals surface area contributed by atoms with Gasteiger partial charge in [-0.25, -0.2) is 9.97 Å². The maximum atomic E-state index is 12.7. The molecule has 0 radical (unpaired) electrons. The van der Waals surface area contributed by atoms with Gasteiger partial charge < -0.3 is 15.1 Å². The first-order valence-corrected chi connectivity index (χ1v) is 10.1. The molecule has 0 atom stereocenters. The number of carbonyl (C=O) groups excluding carboxylic acids is 1. The lowest BCUT2D eigenvalue weighted by Crippen LogP contribution is -2.28. The molecule has 2 aromatic heterocycles. The molecule has 1 saturated heterocycles. The zero-order chi connectivity index (χ0) is 19.5. The summed E-state index contributed by atoms with van der Waals surface area (Å²) in [5.41, 5.74) is 2.36. The van der Waals surface area contributed by atoms with Crippen molar-refractivity contribution in [3.63, 3.8) is 0 Å². The molecule has 1 amide bonds. The second kappa shape index (κ2) is 8.07. The molecule has 4 rings (SSSR count). The fourth-order valence-electron chi connectivity index (χ4n) is 3.27. The van der Waals surface area contributed by atoms with E-state index in [1.54, 1.807) is 0 Å². The number of nitrogens with zero attached hydrogens (tertiary/aromatic N) is 5. The molecule has 28 heavy (non-hydrogen) atoms. The van der Waals surface area contributed by atoms with Crippen LogP contribution < -0.4 is 10.2 Å². The van der Waals surface area contributed by atoms with Crippen molar-refractivity contribution in [3.8, 4) is 10.8 Å². The quantitative estimate of drug-likeness (QED) is 0.703. The first-order valence-electron chi connectivity index (χ1n) is 9.28. The third-order valence-corrected chi connectivity index (χ3v) is 5.82. The second-order valence-corrected chi connectivity index (χ2v) is 8.11. The highest BCUT2D eigenvalue weighted by molar-refractivity contribution is 7.15. The fourth-order valence-corrected chi connectivity index (χ4v) is 4.12. The van der Waals surface area contributed by atoms with Crippen molar-refractivity contribution < 1.29 is 4.79 Å². The molecule has 9 heteroatoms. The summed E-state index contributed by atoms with van der Waals surface area (Å²) in [6.07, 6.45) is 2.58. The highest BCUT2D eigenvalue weighted by Gasteiger charge is 2.18. The topological polar surface area (TPSA) is 90.0 Å². The maximum Gasteiger partial charge on any atom is 0.275 e. The molecule has 1 aliphatic heterocycles. The fraction of sp³-hybridized carbons (Fsp3) is 0.368. The summed E-state index contributed by atoms with van der Waals surface area (Å²) in [7, 11) is 2.16. The van der Waals surface area contributed by atoms with Gasteiger partial charge >= 0.3 is 0 Å². The Bertz CT molecular complexity index is 936. The lowest BCUT2D eigenvalue weighted by Gasteiger charge is -2.23. The minimum absolute atomic E-state index is 0.219. The number of nitrogens with one attached hydrogen (secondary N) is 2. The van der Waals surface area contributed by atoms with Gasteiger partial charge in [0, 0.05) is 35.9 Å². The number of benzene rings is 1. The molecule has 1 aliphatic rings. The number of hydrogen-bond acceptors (Lipinski definition) is 7. The first kappa shape index (κ1) is 18.6. The summed E-state index contributed by atoms with van der Waals surface area (Å²) < 4.78 is 0. The highest BCUT2D eigenvalue weighted by atomic mass is 32.1. The van der Waals surface area contributed by atoms with Crippen molar-refractivity contribution in [2.24, 2.45) is 0 Å². The average Bonchev–Trinajstić information content (AvgIpc) is 3.30. The number of H-pyrrole nitrogens is 1. The van der Waals surface area contributed by atoms with Gasteiger partial charge in [0.15, 0.2) is 10.8 Å². The largest absolute Gasteiger partial charge is 0.370 e. The number of aryl methyl sites for hydroxylation is 1. The van der Waals surface area contributed by atoms with Crippen molar-refractivity contribution in [1.82, 2.24) is 25.1 Å². The van der Waals surface area contributed by atoms with Crippen molar-refractivity contribution in [2.45, 2.75) is 13.3 Å². The van der Waals surface area contributed by atoms with Gasteiger partial charge in [0.2, 0.25) is 0 Å². The summed E-state index contributed by atoms with van der Waals surface area (Å²) in [4.78, 5) is 26.8. The van der Waals surface area contributed by atoms with Gasteiger partial charge in [0.05, 0.1) is 0 Å². The third kappa shape index (κ3) is 4.05. The molecular formula is C19H23N7OS. The third-order valence-electron chi connectivity index (χ3n) is 4.84. The highest BCUT2D eigenvalue weighted by Crippen LogP contribution is 2.26. The summed E-state index contributed by atoms with van der Waals surface area (Å²) >= 11 is 1.42. The number of thiazole rings is 1. The van der Waals surface area contributed by atoms with Crippen LogP contribution in [0.15, 0.2) is 30.6 Å². The molecule has 0 aliphatic carbocycles. The predicted molar refractivity (Wildman–Crippen MR) is 111 cm³/mol. The SMILES string of the molecule is Cc1sc(-c2ncn[nH]2)nc1C(=O)Nc1ccc(N2CCCN(C)CC2)cc1. The molecule has 0 saturated carbocycles. The monoisotopic (exact) mass is 397 g/mol. The van der Waals surface area contributed by atoms with Gasteiger partial charge in [0.25, 0.3) is 5.91 Å². The van der Waals surface area contributed by atoms with Crippen LogP contribution in [0.5, 0.6) is 0 Å². The van der Waals surface area contributed by atoms with Crippen molar-refractivity contribution in [3.05, 3.63) is 41.2 Å². The van der Waals surface area contributed by atoms with Gasteiger partial charge in [-0.15, -0.1) is 11.3 Å². The van der Waals surface area contributed by atoms with Crippen LogP contribution in [0.2, 0.25) is 0 Å². The number of amides is 1. The Morgan fingerprint density at radius 2 is 2.00 bits per heavy atom. The Kier molecular flexibility index (Phi) is 5.36. The lowest BCUT2D eigenvalue weighted by molar-refractivity contribution is 0.102. The van der Waals surface area contributed by atoms with Crippen molar-refractivity contribution >= 4 is 28.6 Å². The van der Waals surface area contributed by atoms with Crippen LogP contribution in [0, 0.1) is 6.92 Å². The van der Waals surface area contributed by atoms with Gasteiger partial charge in [0.1, 0.15) is 12.0 Å². The number of carbonyl (C=O) groups is 1. The van der Waals surface area contributed by atoms with Gasteiger partial charge in [-0.1, -0.05) is 0 Å². The van der Waals surface area contributed by atoms with E-state index >= 15 is 0 Å². The molecule has 146 valence electrons. The number of aromatic nitrogens is 4. The Labute approximate surface area is 167 Å².